The lowest BCUT2D eigenvalue weighted by Crippen LogP contribution is -2.33. The van der Waals surface area contributed by atoms with Gasteiger partial charge in [0.15, 0.2) is 11.9 Å². The Morgan fingerprint density at radius 2 is 2.00 bits per heavy atom. The van der Waals surface area contributed by atoms with E-state index in [-0.39, 0.29) is 6.61 Å². The third-order valence-corrected chi connectivity index (χ3v) is 5.21. The van der Waals surface area contributed by atoms with Crippen LogP contribution in [0.1, 0.15) is 11.9 Å². The van der Waals surface area contributed by atoms with Crippen molar-refractivity contribution < 1.29 is 20.1 Å². The molecule has 0 unspecified atom stereocenters. The molecule has 26 heavy (non-hydrogen) atoms. The Balaban J connectivity index is 1.61. The Hall–Kier alpha value is -2.11. The maximum absolute atomic E-state index is 10.2. The highest BCUT2D eigenvalue weighted by atomic mass is 32.2. The second-order valence-corrected chi connectivity index (χ2v) is 6.81. The van der Waals surface area contributed by atoms with Gasteiger partial charge in [0, 0.05) is 11.9 Å². The molecule has 0 radical (unpaired) electrons. The topological polar surface area (TPSA) is 126 Å². The third kappa shape index (κ3) is 3.06. The maximum atomic E-state index is 10.2. The summed E-state index contributed by atoms with van der Waals surface area (Å²) in [5, 5.41) is 30.1. The molecule has 10 heteroatoms. The molecule has 0 bridgehead atoms. The van der Waals surface area contributed by atoms with Crippen molar-refractivity contribution in [3.05, 3.63) is 42.7 Å². The van der Waals surface area contributed by atoms with Gasteiger partial charge in [-0.15, -0.1) is 0 Å². The predicted molar refractivity (Wildman–Crippen MR) is 92.1 cm³/mol. The van der Waals surface area contributed by atoms with Gasteiger partial charge in [0.25, 0.3) is 0 Å². The quantitative estimate of drug-likeness (QED) is 0.421. The minimum absolute atomic E-state index is 0.387. The summed E-state index contributed by atoms with van der Waals surface area (Å²) in [6.07, 6.45) is 0.545. The number of hydrogen-bond donors (Lipinski definition) is 3. The van der Waals surface area contributed by atoms with E-state index in [0.717, 1.165) is 5.69 Å². The molecule has 4 rings (SSSR count). The normalized spacial score (nSPS) is 25.8. The highest BCUT2D eigenvalue weighted by molar-refractivity contribution is 7.98. The van der Waals surface area contributed by atoms with E-state index in [1.165, 1.54) is 24.4 Å². The first kappa shape index (κ1) is 17.3. The van der Waals surface area contributed by atoms with Crippen molar-refractivity contribution in [3.63, 3.8) is 0 Å². The highest BCUT2D eigenvalue weighted by Gasteiger charge is 2.44. The van der Waals surface area contributed by atoms with E-state index < -0.39 is 24.5 Å². The standard InChI is InChI=1S/C16H17N5O4S/c22-5-10-12(23)13(24)16(25-10)21-8-20-11-14(21)18-7-19-15(11)26-6-9-3-1-2-4-17-9/h1-4,7-8,10,12-13,16,22-24H,5-6H2/t10-,12-,13+,16-/m1/s1. The van der Waals surface area contributed by atoms with E-state index in [2.05, 4.69) is 19.9 Å². The summed E-state index contributed by atoms with van der Waals surface area (Å²) in [7, 11) is 0. The molecule has 4 atom stereocenters. The Morgan fingerprint density at radius 3 is 2.73 bits per heavy atom. The van der Waals surface area contributed by atoms with Crippen LogP contribution >= 0.6 is 11.8 Å². The summed E-state index contributed by atoms with van der Waals surface area (Å²) in [5.41, 5.74) is 1.98. The van der Waals surface area contributed by atoms with Crippen LogP contribution in [0.2, 0.25) is 0 Å². The van der Waals surface area contributed by atoms with E-state index >= 15 is 0 Å². The Kier molecular flexibility index (Phi) is 4.83. The fourth-order valence-electron chi connectivity index (χ4n) is 2.86. The van der Waals surface area contributed by atoms with Crippen LogP contribution in [0.15, 0.2) is 42.1 Å². The molecule has 136 valence electrons. The van der Waals surface area contributed by atoms with Gasteiger partial charge >= 0.3 is 0 Å². The van der Waals surface area contributed by atoms with Crippen molar-refractivity contribution in [3.8, 4) is 0 Å². The highest BCUT2D eigenvalue weighted by Crippen LogP contribution is 2.33. The van der Waals surface area contributed by atoms with Crippen LogP contribution < -0.4 is 0 Å². The van der Waals surface area contributed by atoms with Crippen molar-refractivity contribution in [2.75, 3.05) is 6.61 Å². The van der Waals surface area contributed by atoms with Crippen LogP contribution in [-0.2, 0) is 10.5 Å². The first-order valence-corrected chi connectivity index (χ1v) is 9.00. The van der Waals surface area contributed by atoms with Crippen molar-refractivity contribution in [2.24, 2.45) is 0 Å². The zero-order valence-corrected chi connectivity index (χ0v) is 14.4. The van der Waals surface area contributed by atoms with Gasteiger partial charge in [-0.2, -0.15) is 0 Å². The number of aromatic nitrogens is 5. The molecule has 1 fully saturated rings. The number of nitrogens with zero attached hydrogens (tertiary/aromatic N) is 5. The number of fused-ring (bicyclic) bond motifs is 1. The SMILES string of the molecule is OC[C@H]1O[C@@H](n2cnc3c(SCc4ccccn4)ncnc32)[C@@H](O)[C@@H]1O. The van der Waals surface area contributed by atoms with E-state index in [1.807, 2.05) is 18.2 Å². The van der Waals surface area contributed by atoms with Crippen LogP contribution in [-0.4, -0.2) is 64.7 Å². The van der Waals surface area contributed by atoms with Crippen LogP contribution in [0.5, 0.6) is 0 Å². The van der Waals surface area contributed by atoms with Gasteiger partial charge in [0.05, 0.1) is 18.6 Å². The number of aliphatic hydroxyl groups excluding tert-OH is 3. The van der Waals surface area contributed by atoms with Crippen molar-refractivity contribution in [1.82, 2.24) is 24.5 Å². The second kappa shape index (κ2) is 7.25. The molecule has 9 nitrogen and oxygen atoms in total. The van der Waals surface area contributed by atoms with Crippen LogP contribution in [0.25, 0.3) is 11.2 Å². The van der Waals surface area contributed by atoms with Crippen LogP contribution in [0.4, 0.5) is 0 Å². The van der Waals surface area contributed by atoms with Gasteiger partial charge < -0.3 is 20.1 Å². The van der Waals surface area contributed by atoms with Gasteiger partial charge in [-0.25, -0.2) is 15.0 Å². The van der Waals surface area contributed by atoms with E-state index in [1.54, 1.807) is 10.8 Å². The van der Waals surface area contributed by atoms with Crippen LogP contribution in [0, 0.1) is 0 Å². The molecule has 0 saturated carbocycles. The average Bonchev–Trinajstić information content (AvgIpc) is 3.23. The number of ether oxygens (including phenoxy) is 1. The van der Waals surface area contributed by atoms with Crippen molar-refractivity contribution >= 4 is 22.9 Å². The zero-order chi connectivity index (χ0) is 18.1. The lowest BCUT2D eigenvalue weighted by atomic mass is 10.1. The molecule has 0 aliphatic carbocycles. The van der Waals surface area contributed by atoms with Crippen molar-refractivity contribution in [1.29, 1.82) is 0 Å². The minimum atomic E-state index is -1.19. The minimum Gasteiger partial charge on any atom is -0.394 e. The van der Waals surface area contributed by atoms with Crippen molar-refractivity contribution in [2.45, 2.75) is 35.3 Å². The predicted octanol–water partition coefficient (Wildman–Crippen LogP) is 0.125. The van der Waals surface area contributed by atoms with E-state index in [0.29, 0.717) is 21.9 Å². The number of aliphatic hydroxyl groups is 3. The second-order valence-electron chi connectivity index (χ2n) is 5.84. The van der Waals surface area contributed by atoms with Gasteiger partial charge in [-0.1, -0.05) is 17.8 Å². The number of rotatable bonds is 5. The van der Waals surface area contributed by atoms with Gasteiger partial charge in [0.2, 0.25) is 0 Å². The smallest absolute Gasteiger partial charge is 0.166 e. The van der Waals surface area contributed by atoms with Crippen LogP contribution in [0.3, 0.4) is 0 Å². The fraction of sp³-hybridized carbons (Fsp3) is 0.375. The summed E-state index contributed by atoms with van der Waals surface area (Å²) in [6, 6.07) is 5.72. The average molecular weight is 375 g/mol. The van der Waals surface area contributed by atoms with E-state index in [4.69, 9.17) is 4.74 Å². The Morgan fingerprint density at radius 1 is 1.12 bits per heavy atom. The number of hydrogen-bond acceptors (Lipinski definition) is 9. The summed E-state index contributed by atoms with van der Waals surface area (Å²) >= 11 is 1.48. The monoisotopic (exact) mass is 375 g/mol. The zero-order valence-electron chi connectivity index (χ0n) is 13.6. The molecule has 1 saturated heterocycles. The largest absolute Gasteiger partial charge is 0.394 e. The Bertz CT molecular complexity index is 893. The molecule has 0 spiro atoms. The third-order valence-electron chi connectivity index (χ3n) is 4.20. The first-order valence-electron chi connectivity index (χ1n) is 8.01. The van der Waals surface area contributed by atoms with E-state index in [9.17, 15) is 15.3 Å². The molecule has 3 aromatic rings. The lowest BCUT2D eigenvalue weighted by Gasteiger charge is -2.16. The molecule has 0 amide bonds. The number of pyridine rings is 1. The maximum Gasteiger partial charge on any atom is 0.166 e. The molecule has 4 heterocycles. The number of imidazole rings is 1. The molecule has 3 N–H and O–H groups in total. The summed E-state index contributed by atoms with van der Waals surface area (Å²) in [5.74, 6) is 0.633. The number of thioether (sulfide) groups is 1. The summed E-state index contributed by atoms with van der Waals surface area (Å²) in [4.78, 5) is 17.2. The first-order chi connectivity index (χ1) is 12.7. The van der Waals surface area contributed by atoms with Gasteiger partial charge in [-0.3, -0.25) is 9.55 Å². The van der Waals surface area contributed by atoms with Gasteiger partial charge in [-0.05, 0) is 12.1 Å². The molecule has 1 aliphatic heterocycles. The molecule has 0 aromatic carbocycles. The Labute approximate surface area is 152 Å². The summed E-state index contributed by atoms with van der Waals surface area (Å²) in [6.45, 7) is -0.387. The fourth-order valence-corrected chi connectivity index (χ4v) is 3.72. The molecule has 1 aliphatic rings. The lowest BCUT2D eigenvalue weighted by molar-refractivity contribution is -0.0511. The molecular weight excluding hydrogens is 358 g/mol. The summed E-state index contributed by atoms with van der Waals surface area (Å²) < 4.78 is 7.10. The molecular formula is C16H17N5O4S. The molecule has 3 aromatic heterocycles. The van der Waals surface area contributed by atoms with Gasteiger partial charge in [0.1, 0.15) is 35.2 Å².